The molecule has 2 rings (SSSR count). The van der Waals surface area contributed by atoms with Crippen molar-refractivity contribution in [2.45, 2.75) is 0 Å². The van der Waals surface area contributed by atoms with Crippen LogP contribution in [-0.4, -0.2) is 12.1 Å². The summed E-state index contributed by atoms with van der Waals surface area (Å²) in [4.78, 5) is 3.96. The number of hydrogen-bond acceptors (Lipinski definition) is 2. The molecule has 1 heterocycles. The molecule has 0 radical (unpaired) electrons. The fourth-order valence-corrected chi connectivity index (χ4v) is 1.73. The quantitative estimate of drug-likeness (QED) is 0.797. The highest BCUT2D eigenvalue weighted by atomic mass is 35.5. The van der Waals surface area contributed by atoms with Crippen LogP contribution in [0.4, 0.5) is 4.39 Å². The largest absolute Gasteiger partial charge is 0.494 e. The Balaban J connectivity index is 2.60. The van der Waals surface area contributed by atoms with Crippen LogP contribution in [0.2, 0.25) is 5.02 Å². The highest BCUT2D eigenvalue weighted by Gasteiger charge is 2.10. The van der Waals surface area contributed by atoms with Gasteiger partial charge in [-0.15, -0.1) is 0 Å². The third-order valence-electron chi connectivity index (χ3n) is 2.19. The van der Waals surface area contributed by atoms with Crippen molar-refractivity contribution in [2.75, 3.05) is 7.11 Å². The van der Waals surface area contributed by atoms with Crippen molar-refractivity contribution in [1.82, 2.24) is 4.98 Å². The van der Waals surface area contributed by atoms with Crippen LogP contribution in [0.3, 0.4) is 0 Å². The molecular formula is C12H9ClFNO. The second kappa shape index (κ2) is 4.49. The van der Waals surface area contributed by atoms with Crippen LogP contribution in [0.5, 0.6) is 5.75 Å². The fraction of sp³-hybridized carbons (Fsp3) is 0.0833. The predicted molar refractivity (Wildman–Crippen MR) is 61.2 cm³/mol. The predicted octanol–water partition coefficient (Wildman–Crippen LogP) is 3.55. The van der Waals surface area contributed by atoms with Gasteiger partial charge in [-0.05, 0) is 17.7 Å². The summed E-state index contributed by atoms with van der Waals surface area (Å²) in [6, 6.07) is 6.20. The molecule has 2 aromatic rings. The fourth-order valence-electron chi connectivity index (χ4n) is 1.49. The average Bonchev–Trinajstić information content (AvgIpc) is 2.28. The summed E-state index contributed by atoms with van der Waals surface area (Å²) >= 11 is 5.94. The first-order valence-corrected chi connectivity index (χ1v) is 5.03. The van der Waals surface area contributed by atoms with Gasteiger partial charge in [-0.3, -0.25) is 4.98 Å². The third kappa shape index (κ3) is 1.99. The van der Waals surface area contributed by atoms with Gasteiger partial charge in [0.25, 0.3) is 0 Å². The van der Waals surface area contributed by atoms with Gasteiger partial charge < -0.3 is 4.74 Å². The van der Waals surface area contributed by atoms with Crippen molar-refractivity contribution < 1.29 is 9.13 Å². The van der Waals surface area contributed by atoms with E-state index < -0.39 is 0 Å². The topological polar surface area (TPSA) is 22.1 Å². The minimum Gasteiger partial charge on any atom is -0.494 e. The summed E-state index contributed by atoms with van der Waals surface area (Å²) < 4.78 is 18.3. The first-order chi connectivity index (χ1) is 7.72. The summed E-state index contributed by atoms with van der Waals surface area (Å²) in [5.41, 5.74) is 1.36. The van der Waals surface area contributed by atoms with Crippen molar-refractivity contribution in [3.63, 3.8) is 0 Å². The molecule has 16 heavy (non-hydrogen) atoms. The first kappa shape index (κ1) is 10.9. The zero-order valence-corrected chi connectivity index (χ0v) is 9.33. The van der Waals surface area contributed by atoms with E-state index >= 15 is 0 Å². The minimum atomic E-state index is -0.306. The summed E-state index contributed by atoms with van der Waals surface area (Å²) in [6.45, 7) is 0. The number of nitrogens with zero attached hydrogens (tertiary/aromatic N) is 1. The number of pyridine rings is 1. The molecule has 0 spiro atoms. The number of aromatic nitrogens is 1. The van der Waals surface area contributed by atoms with Gasteiger partial charge in [-0.1, -0.05) is 23.7 Å². The van der Waals surface area contributed by atoms with Crippen LogP contribution < -0.4 is 4.74 Å². The van der Waals surface area contributed by atoms with E-state index in [0.717, 1.165) is 0 Å². The standard InChI is InChI=1S/C12H9ClFNO/c1-16-12-10(6-15-7-11(12)13)8-3-2-4-9(14)5-8/h2-7H,1H3. The van der Waals surface area contributed by atoms with Crippen LogP contribution in [0.25, 0.3) is 11.1 Å². The molecular weight excluding hydrogens is 229 g/mol. The molecule has 1 aromatic heterocycles. The second-order valence-corrected chi connectivity index (χ2v) is 3.62. The molecule has 0 amide bonds. The molecule has 0 N–H and O–H groups in total. The van der Waals surface area contributed by atoms with Gasteiger partial charge in [0, 0.05) is 18.0 Å². The van der Waals surface area contributed by atoms with Crippen LogP contribution >= 0.6 is 11.6 Å². The van der Waals surface area contributed by atoms with Crippen LogP contribution in [0, 0.1) is 5.82 Å². The van der Waals surface area contributed by atoms with Crippen molar-refractivity contribution in [2.24, 2.45) is 0 Å². The molecule has 0 fully saturated rings. The lowest BCUT2D eigenvalue weighted by Gasteiger charge is -2.09. The van der Waals surface area contributed by atoms with E-state index in [4.69, 9.17) is 16.3 Å². The molecule has 1 aromatic carbocycles. The third-order valence-corrected chi connectivity index (χ3v) is 2.46. The van der Waals surface area contributed by atoms with Gasteiger partial charge in [0.15, 0.2) is 0 Å². The lowest BCUT2D eigenvalue weighted by atomic mass is 10.1. The molecule has 0 bridgehead atoms. The smallest absolute Gasteiger partial charge is 0.148 e. The maximum atomic E-state index is 13.1. The van der Waals surface area contributed by atoms with E-state index in [1.807, 2.05) is 0 Å². The number of hydrogen-bond donors (Lipinski definition) is 0. The van der Waals surface area contributed by atoms with Gasteiger partial charge >= 0.3 is 0 Å². The van der Waals surface area contributed by atoms with Gasteiger partial charge in [0.1, 0.15) is 16.6 Å². The zero-order valence-electron chi connectivity index (χ0n) is 8.58. The Kier molecular flexibility index (Phi) is 3.06. The SMILES string of the molecule is COc1c(Cl)cncc1-c1cccc(F)c1. The molecule has 0 atom stereocenters. The Morgan fingerprint density at radius 1 is 1.31 bits per heavy atom. The molecule has 82 valence electrons. The normalized spacial score (nSPS) is 10.2. The molecule has 0 unspecified atom stereocenters. The molecule has 2 nitrogen and oxygen atoms in total. The Morgan fingerprint density at radius 3 is 2.81 bits per heavy atom. The first-order valence-electron chi connectivity index (χ1n) is 4.66. The minimum absolute atomic E-state index is 0.306. The Hall–Kier alpha value is -1.61. The van der Waals surface area contributed by atoms with Gasteiger partial charge in [-0.2, -0.15) is 0 Å². The average molecular weight is 238 g/mol. The Labute approximate surface area is 97.7 Å². The number of halogens is 2. The van der Waals surface area contributed by atoms with Crippen molar-refractivity contribution in [1.29, 1.82) is 0 Å². The highest BCUT2D eigenvalue weighted by Crippen LogP contribution is 2.34. The van der Waals surface area contributed by atoms with E-state index in [-0.39, 0.29) is 5.82 Å². The number of methoxy groups -OCH3 is 1. The number of benzene rings is 1. The number of ether oxygens (including phenoxy) is 1. The Morgan fingerprint density at radius 2 is 2.12 bits per heavy atom. The van der Waals surface area contributed by atoms with Gasteiger partial charge in [0.05, 0.1) is 7.11 Å². The Bertz CT molecular complexity index is 516. The van der Waals surface area contributed by atoms with E-state index in [9.17, 15) is 4.39 Å². The summed E-state index contributed by atoms with van der Waals surface area (Å²) in [6.07, 6.45) is 3.09. The lowest BCUT2D eigenvalue weighted by molar-refractivity contribution is 0.416. The summed E-state index contributed by atoms with van der Waals surface area (Å²) in [5.74, 6) is 0.196. The van der Waals surface area contributed by atoms with Crippen LogP contribution in [0.1, 0.15) is 0 Å². The molecule has 0 saturated heterocycles. The molecule has 0 saturated carbocycles. The zero-order chi connectivity index (χ0) is 11.5. The summed E-state index contributed by atoms with van der Waals surface area (Å²) in [7, 11) is 1.52. The van der Waals surface area contributed by atoms with Gasteiger partial charge in [0.2, 0.25) is 0 Å². The van der Waals surface area contributed by atoms with E-state index in [1.165, 1.54) is 25.4 Å². The highest BCUT2D eigenvalue weighted by molar-refractivity contribution is 6.32. The van der Waals surface area contributed by atoms with E-state index in [2.05, 4.69) is 4.98 Å². The van der Waals surface area contributed by atoms with E-state index in [1.54, 1.807) is 18.3 Å². The maximum Gasteiger partial charge on any atom is 0.148 e. The molecule has 0 aliphatic heterocycles. The van der Waals surface area contributed by atoms with Crippen molar-refractivity contribution in [3.05, 3.63) is 47.5 Å². The van der Waals surface area contributed by atoms with Crippen molar-refractivity contribution >= 4 is 11.6 Å². The molecule has 4 heteroatoms. The van der Waals surface area contributed by atoms with Crippen LogP contribution in [-0.2, 0) is 0 Å². The summed E-state index contributed by atoms with van der Waals surface area (Å²) in [5, 5.41) is 0.407. The lowest BCUT2D eigenvalue weighted by Crippen LogP contribution is -1.91. The molecule has 0 aliphatic carbocycles. The maximum absolute atomic E-state index is 13.1. The second-order valence-electron chi connectivity index (χ2n) is 3.21. The van der Waals surface area contributed by atoms with Crippen LogP contribution in [0.15, 0.2) is 36.7 Å². The van der Waals surface area contributed by atoms with E-state index in [0.29, 0.717) is 21.9 Å². The molecule has 0 aliphatic rings. The number of rotatable bonds is 2. The van der Waals surface area contributed by atoms with Gasteiger partial charge in [-0.25, -0.2) is 4.39 Å². The monoisotopic (exact) mass is 237 g/mol. The van der Waals surface area contributed by atoms with Crippen molar-refractivity contribution in [3.8, 4) is 16.9 Å².